The molecule has 0 spiro atoms. The number of urea groups is 1. The van der Waals surface area contributed by atoms with Crippen LogP contribution in [-0.4, -0.2) is 39.9 Å². The average Bonchev–Trinajstić information content (AvgIpc) is 2.64. The third-order valence-corrected chi connectivity index (χ3v) is 4.02. The van der Waals surface area contributed by atoms with Crippen molar-refractivity contribution in [3.8, 4) is 17.2 Å². The van der Waals surface area contributed by atoms with Crippen molar-refractivity contribution in [2.24, 2.45) is 0 Å². The number of benzene rings is 2. The molecular formula is C21H28N2O4. The summed E-state index contributed by atoms with van der Waals surface area (Å²) in [6, 6.07) is 11.5. The van der Waals surface area contributed by atoms with Gasteiger partial charge in [-0.05, 0) is 67.3 Å². The van der Waals surface area contributed by atoms with E-state index in [2.05, 4.69) is 16.7 Å². The normalized spacial score (nSPS) is 10.2. The zero-order chi connectivity index (χ0) is 19.6. The van der Waals surface area contributed by atoms with Gasteiger partial charge in [0.15, 0.2) is 0 Å². The van der Waals surface area contributed by atoms with E-state index < -0.39 is 0 Å². The quantitative estimate of drug-likeness (QED) is 0.663. The minimum absolute atomic E-state index is 0.221. The molecule has 0 aliphatic carbocycles. The lowest BCUT2D eigenvalue weighted by Crippen LogP contribution is -2.38. The molecule has 0 aromatic heterocycles. The Morgan fingerprint density at radius 1 is 0.889 bits per heavy atom. The van der Waals surface area contributed by atoms with E-state index in [0.29, 0.717) is 26.1 Å². The molecule has 2 amide bonds. The predicted octanol–water partition coefficient (Wildman–Crippen LogP) is 3.24. The van der Waals surface area contributed by atoms with Crippen LogP contribution in [-0.2, 0) is 6.42 Å². The standard InChI is InChI=1S/C21H28N2O4/c1-15-11-16(2)13-19(12-15)27-10-9-23-21(24)22-8-7-17-14-18(25-3)5-6-20(17)26-4/h5-6,11-14H,7-10H2,1-4H3,(H2,22,23,24). The second-order valence-corrected chi connectivity index (χ2v) is 6.28. The molecule has 0 unspecified atom stereocenters. The molecule has 2 aromatic carbocycles. The van der Waals surface area contributed by atoms with Crippen LogP contribution in [0.5, 0.6) is 17.2 Å². The van der Waals surface area contributed by atoms with E-state index in [4.69, 9.17) is 14.2 Å². The topological polar surface area (TPSA) is 68.8 Å². The maximum absolute atomic E-state index is 11.9. The summed E-state index contributed by atoms with van der Waals surface area (Å²) in [6.45, 7) is 5.40. The van der Waals surface area contributed by atoms with Gasteiger partial charge in [-0.15, -0.1) is 0 Å². The second kappa shape index (κ2) is 10.3. The van der Waals surface area contributed by atoms with Crippen molar-refractivity contribution in [1.82, 2.24) is 10.6 Å². The second-order valence-electron chi connectivity index (χ2n) is 6.28. The van der Waals surface area contributed by atoms with Gasteiger partial charge in [-0.25, -0.2) is 4.79 Å². The van der Waals surface area contributed by atoms with E-state index >= 15 is 0 Å². The van der Waals surface area contributed by atoms with Gasteiger partial charge in [-0.2, -0.15) is 0 Å². The summed E-state index contributed by atoms with van der Waals surface area (Å²) in [5.41, 5.74) is 3.29. The highest BCUT2D eigenvalue weighted by Crippen LogP contribution is 2.24. The Hall–Kier alpha value is -2.89. The number of amides is 2. The molecule has 0 bridgehead atoms. The molecule has 0 aliphatic heterocycles. The number of rotatable bonds is 9. The van der Waals surface area contributed by atoms with E-state index in [1.807, 2.05) is 44.2 Å². The van der Waals surface area contributed by atoms with Crippen LogP contribution in [0.2, 0.25) is 0 Å². The fraction of sp³-hybridized carbons (Fsp3) is 0.381. The van der Waals surface area contributed by atoms with Crippen LogP contribution in [0.4, 0.5) is 4.79 Å². The van der Waals surface area contributed by atoms with Crippen LogP contribution in [0, 0.1) is 13.8 Å². The fourth-order valence-corrected chi connectivity index (χ4v) is 2.80. The van der Waals surface area contributed by atoms with Crippen LogP contribution in [0.1, 0.15) is 16.7 Å². The van der Waals surface area contributed by atoms with Crippen LogP contribution >= 0.6 is 0 Å². The molecule has 6 heteroatoms. The molecule has 146 valence electrons. The number of hydrogen-bond donors (Lipinski definition) is 2. The highest BCUT2D eigenvalue weighted by atomic mass is 16.5. The molecule has 2 N–H and O–H groups in total. The molecule has 0 heterocycles. The predicted molar refractivity (Wildman–Crippen MR) is 106 cm³/mol. The third kappa shape index (κ3) is 6.73. The van der Waals surface area contributed by atoms with Crippen LogP contribution in [0.15, 0.2) is 36.4 Å². The minimum atomic E-state index is -0.221. The first-order chi connectivity index (χ1) is 13.0. The van der Waals surface area contributed by atoms with E-state index in [9.17, 15) is 4.79 Å². The molecule has 6 nitrogen and oxygen atoms in total. The summed E-state index contributed by atoms with van der Waals surface area (Å²) in [4.78, 5) is 11.9. The smallest absolute Gasteiger partial charge is 0.314 e. The number of methoxy groups -OCH3 is 2. The first kappa shape index (κ1) is 20.4. The SMILES string of the molecule is COc1ccc(OC)c(CCNC(=O)NCCOc2cc(C)cc(C)c2)c1. The highest BCUT2D eigenvalue weighted by Gasteiger charge is 2.06. The van der Waals surface area contributed by atoms with E-state index in [1.54, 1.807) is 14.2 Å². The van der Waals surface area contributed by atoms with Gasteiger partial charge in [0.05, 0.1) is 20.8 Å². The molecular weight excluding hydrogens is 344 g/mol. The summed E-state index contributed by atoms with van der Waals surface area (Å²) < 4.78 is 16.2. The summed E-state index contributed by atoms with van der Waals surface area (Å²) in [6.07, 6.45) is 0.646. The highest BCUT2D eigenvalue weighted by molar-refractivity contribution is 5.73. The monoisotopic (exact) mass is 372 g/mol. The maximum Gasteiger partial charge on any atom is 0.314 e. The van der Waals surface area contributed by atoms with Crippen molar-refractivity contribution >= 4 is 6.03 Å². The zero-order valence-electron chi connectivity index (χ0n) is 16.4. The lowest BCUT2D eigenvalue weighted by Gasteiger charge is -2.12. The number of nitrogens with one attached hydrogen (secondary N) is 2. The number of hydrogen-bond acceptors (Lipinski definition) is 4. The van der Waals surface area contributed by atoms with Gasteiger partial charge in [0.2, 0.25) is 0 Å². The largest absolute Gasteiger partial charge is 0.497 e. The van der Waals surface area contributed by atoms with E-state index in [-0.39, 0.29) is 6.03 Å². The molecule has 0 saturated heterocycles. The van der Waals surface area contributed by atoms with Gasteiger partial charge in [0, 0.05) is 6.54 Å². The zero-order valence-corrected chi connectivity index (χ0v) is 16.4. The summed E-state index contributed by atoms with van der Waals surface area (Å²) >= 11 is 0. The van der Waals surface area contributed by atoms with E-state index in [0.717, 1.165) is 33.9 Å². The summed E-state index contributed by atoms with van der Waals surface area (Å²) in [7, 11) is 3.25. The van der Waals surface area contributed by atoms with Gasteiger partial charge in [0.25, 0.3) is 0 Å². The number of aryl methyl sites for hydroxylation is 2. The van der Waals surface area contributed by atoms with Crippen molar-refractivity contribution in [3.63, 3.8) is 0 Å². The van der Waals surface area contributed by atoms with Crippen molar-refractivity contribution in [2.45, 2.75) is 20.3 Å². The maximum atomic E-state index is 11.9. The Kier molecular flexibility index (Phi) is 7.79. The summed E-state index contributed by atoms with van der Waals surface area (Å²) in [5.74, 6) is 2.36. The Morgan fingerprint density at radius 3 is 2.26 bits per heavy atom. The summed E-state index contributed by atoms with van der Waals surface area (Å²) in [5, 5.41) is 5.62. The van der Waals surface area contributed by atoms with Crippen molar-refractivity contribution in [1.29, 1.82) is 0 Å². The van der Waals surface area contributed by atoms with Crippen molar-refractivity contribution in [2.75, 3.05) is 33.9 Å². The Morgan fingerprint density at radius 2 is 1.59 bits per heavy atom. The van der Waals surface area contributed by atoms with Crippen molar-refractivity contribution in [3.05, 3.63) is 53.1 Å². The Labute approximate surface area is 160 Å². The lowest BCUT2D eigenvalue weighted by molar-refractivity contribution is 0.236. The van der Waals surface area contributed by atoms with Gasteiger partial charge in [-0.1, -0.05) is 6.07 Å². The number of ether oxygens (including phenoxy) is 3. The molecule has 0 saturated carbocycles. The molecule has 0 atom stereocenters. The third-order valence-electron chi connectivity index (χ3n) is 4.02. The lowest BCUT2D eigenvalue weighted by atomic mass is 10.1. The molecule has 27 heavy (non-hydrogen) atoms. The van der Waals surface area contributed by atoms with Crippen LogP contribution < -0.4 is 24.8 Å². The number of carbonyl (C=O) groups excluding carboxylic acids is 1. The average molecular weight is 372 g/mol. The van der Waals surface area contributed by atoms with Crippen LogP contribution in [0.25, 0.3) is 0 Å². The molecule has 2 aromatic rings. The molecule has 2 rings (SSSR count). The van der Waals surface area contributed by atoms with E-state index in [1.165, 1.54) is 0 Å². The van der Waals surface area contributed by atoms with Gasteiger partial charge in [-0.3, -0.25) is 0 Å². The van der Waals surface area contributed by atoms with Crippen LogP contribution in [0.3, 0.4) is 0 Å². The van der Waals surface area contributed by atoms with Gasteiger partial charge in [0.1, 0.15) is 23.9 Å². The first-order valence-corrected chi connectivity index (χ1v) is 8.95. The molecule has 0 aliphatic rings. The van der Waals surface area contributed by atoms with Gasteiger partial charge < -0.3 is 24.8 Å². The van der Waals surface area contributed by atoms with Gasteiger partial charge >= 0.3 is 6.03 Å². The molecule has 0 fully saturated rings. The first-order valence-electron chi connectivity index (χ1n) is 8.95. The Balaban J connectivity index is 1.69. The van der Waals surface area contributed by atoms with Crippen molar-refractivity contribution < 1.29 is 19.0 Å². The number of carbonyl (C=O) groups is 1. The fourth-order valence-electron chi connectivity index (χ4n) is 2.80. The minimum Gasteiger partial charge on any atom is -0.497 e. The Bertz CT molecular complexity index is 742. The molecule has 0 radical (unpaired) electrons.